The van der Waals surface area contributed by atoms with Crippen molar-refractivity contribution in [1.82, 2.24) is 5.32 Å². The van der Waals surface area contributed by atoms with Gasteiger partial charge in [-0.15, -0.1) is 0 Å². The van der Waals surface area contributed by atoms with Crippen molar-refractivity contribution < 1.29 is 41.8 Å². The Balaban J connectivity index is 0.000000697. The highest BCUT2D eigenvalue weighted by molar-refractivity contribution is 5.73. The fraction of sp³-hybridized carbons (Fsp3) is 0.467. The second kappa shape index (κ2) is 9.92. The minimum Gasteiger partial charge on any atom is -0.481 e. The second-order valence-electron chi connectivity index (χ2n) is 5.30. The lowest BCUT2D eigenvalue weighted by molar-refractivity contribution is -0.192. The molecule has 0 amide bonds. The highest BCUT2D eigenvalue weighted by Crippen LogP contribution is 2.23. The van der Waals surface area contributed by atoms with Crippen LogP contribution in [0.1, 0.15) is 31.9 Å². The minimum absolute atomic E-state index is 0.00705. The van der Waals surface area contributed by atoms with Gasteiger partial charge in [0, 0.05) is 12.6 Å². The Morgan fingerprint density at radius 1 is 1.12 bits per heavy atom. The molecular weight excluding hydrogens is 353 g/mol. The number of alkyl halides is 3. The van der Waals surface area contributed by atoms with Gasteiger partial charge in [-0.05, 0) is 23.6 Å². The smallest absolute Gasteiger partial charge is 0.481 e. The molecule has 0 fully saturated rings. The first-order valence-corrected chi connectivity index (χ1v) is 7.06. The van der Waals surface area contributed by atoms with E-state index in [4.69, 9.17) is 15.0 Å². The summed E-state index contributed by atoms with van der Waals surface area (Å²) in [5.74, 6) is -5.28. The van der Waals surface area contributed by atoms with Crippen LogP contribution in [0.25, 0.3) is 0 Å². The number of rotatable bonds is 6. The van der Waals surface area contributed by atoms with E-state index >= 15 is 0 Å². The molecular formula is C15H18F5NO4. The first-order valence-electron chi connectivity index (χ1n) is 7.06. The lowest BCUT2D eigenvalue weighted by Gasteiger charge is -2.22. The van der Waals surface area contributed by atoms with Crippen molar-refractivity contribution in [2.45, 2.75) is 32.5 Å². The lowest BCUT2D eigenvalue weighted by atomic mass is 9.96. The van der Waals surface area contributed by atoms with E-state index in [0.29, 0.717) is 5.56 Å². The molecule has 1 unspecified atom stereocenters. The fourth-order valence-corrected chi connectivity index (χ4v) is 1.78. The number of aliphatic carboxylic acids is 2. The van der Waals surface area contributed by atoms with Gasteiger partial charge in [-0.1, -0.05) is 19.9 Å². The Morgan fingerprint density at radius 2 is 1.64 bits per heavy atom. The Kier molecular flexibility index (Phi) is 9.03. The summed E-state index contributed by atoms with van der Waals surface area (Å²) in [6.45, 7) is 4.15. The topological polar surface area (TPSA) is 86.6 Å². The molecule has 10 heteroatoms. The van der Waals surface area contributed by atoms with E-state index in [1.807, 2.05) is 13.8 Å². The summed E-state index contributed by atoms with van der Waals surface area (Å²) >= 11 is 0. The molecule has 3 N–H and O–H groups in total. The fourth-order valence-electron chi connectivity index (χ4n) is 1.78. The molecule has 1 rings (SSSR count). The van der Waals surface area contributed by atoms with Crippen LogP contribution in [0.4, 0.5) is 22.0 Å². The van der Waals surface area contributed by atoms with Gasteiger partial charge in [0.05, 0.1) is 6.42 Å². The highest BCUT2D eigenvalue weighted by atomic mass is 19.4. The first kappa shape index (κ1) is 22.8. The van der Waals surface area contributed by atoms with Crippen molar-refractivity contribution in [2.24, 2.45) is 5.92 Å². The number of carboxylic acid groups (broad SMARTS) is 2. The third-order valence-electron chi connectivity index (χ3n) is 2.92. The van der Waals surface area contributed by atoms with Gasteiger partial charge in [-0.3, -0.25) is 4.79 Å². The summed E-state index contributed by atoms with van der Waals surface area (Å²) in [7, 11) is 0. The van der Waals surface area contributed by atoms with E-state index in [-0.39, 0.29) is 24.9 Å². The minimum atomic E-state index is -5.08. The van der Waals surface area contributed by atoms with Crippen LogP contribution in [0.5, 0.6) is 0 Å². The standard InChI is InChI=1S/C13H17F2NO2.C2HF3O2/c1-8(2)13(16-6-5-12(17)18)9-3-4-10(14)11(15)7-9;3-2(4,5)1(6)7/h3-4,7-8,13,16H,5-6H2,1-2H3,(H,17,18);(H,6,7). The Bertz CT molecular complexity index is 590. The van der Waals surface area contributed by atoms with Crippen LogP contribution < -0.4 is 5.32 Å². The molecule has 0 radical (unpaired) electrons. The Labute approximate surface area is 140 Å². The monoisotopic (exact) mass is 371 g/mol. The van der Waals surface area contributed by atoms with E-state index in [0.717, 1.165) is 12.1 Å². The number of carboxylic acids is 2. The molecule has 1 atom stereocenters. The average Bonchev–Trinajstić information content (AvgIpc) is 2.45. The molecule has 1 aromatic carbocycles. The zero-order chi connectivity index (χ0) is 19.8. The van der Waals surface area contributed by atoms with Crippen molar-refractivity contribution in [2.75, 3.05) is 6.54 Å². The number of hydrogen-bond acceptors (Lipinski definition) is 3. The van der Waals surface area contributed by atoms with E-state index < -0.39 is 29.7 Å². The summed E-state index contributed by atoms with van der Waals surface area (Å²) in [6, 6.07) is 3.54. The normalized spacial score (nSPS) is 12.3. The SMILES string of the molecule is CC(C)C(NCCC(=O)O)c1ccc(F)c(F)c1.O=C(O)C(F)(F)F. The van der Waals surface area contributed by atoms with Crippen molar-refractivity contribution in [1.29, 1.82) is 0 Å². The van der Waals surface area contributed by atoms with Gasteiger partial charge >= 0.3 is 18.1 Å². The molecule has 142 valence electrons. The number of benzene rings is 1. The van der Waals surface area contributed by atoms with Crippen molar-refractivity contribution in [3.8, 4) is 0 Å². The van der Waals surface area contributed by atoms with E-state index in [2.05, 4.69) is 5.32 Å². The Morgan fingerprint density at radius 3 is 2.00 bits per heavy atom. The maximum Gasteiger partial charge on any atom is 0.490 e. The lowest BCUT2D eigenvalue weighted by Crippen LogP contribution is -2.28. The molecule has 0 saturated heterocycles. The van der Waals surface area contributed by atoms with Crippen LogP contribution in [0.15, 0.2) is 18.2 Å². The molecule has 0 aliphatic carbocycles. The van der Waals surface area contributed by atoms with Crippen LogP contribution >= 0.6 is 0 Å². The van der Waals surface area contributed by atoms with Gasteiger partial charge in [-0.2, -0.15) is 13.2 Å². The summed E-state index contributed by atoms with van der Waals surface area (Å²) < 4.78 is 57.7. The van der Waals surface area contributed by atoms with Gasteiger partial charge in [0.15, 0.2) is 11.6 Å². The zero-order valence-electron chi connectivity index (χ0n) is 13.4. The van der Waals surface area contributed by atoms with Crippen molar-refractivity contribution in [3.63, 3.8) is 0 Å². The van der Waals surface area contributed by atoms with Crippen LogP contribution in [0.3, 0.4) is 0 Å². The summed E-state index contributed by atoms with van der Waals surface area (Å²) in [5.41, 5.74) is 0.620. The predicted molar refractivity (Wildman–Crippen MR) is 77.9 cm³/mol. The second-order valence-corrected chi connectivity index (χ2v) is 5.30. The molecule has 0 spiro atoms. The molecule has 0 saturated carbocycles. The van der Waals surface area contributed by atoms with Crippen molar-refractivity contribution >= 4 is 11.9 Å². The van der Waals surface area contributed by atoms with Gasteiger partial charge in [0.25, 0.3) is 0 Å². The first-order chi connectivity index (χ1) is 11.4. The van der Waals surface area contributed by atoms with Crippen LogP contribution in [0, 0.1) is 17.6 Å². The molecule has 0 aliphatic heterocycles. The van der Waals surface area contributed by atoms with Crippen LogP contribution in [-0.2, 0) is 9.59 Å². The van der Waals surface area contributed by atoms with E-state index in [9.17, 15) is 26.7 Å². The van der Waals surface area contributed by atoms with Crippen LogP contribution in [0.2, 0.25) is 0 Å². The van der Waals surface area contributed by atoms with Gasteiger partial charge in [-0.25, -0.2) is 13.6 Å². The molecule has 5 nitrogen and oxygen atoms in total. The third kappa shape index (κ3) is 8.99. The maximum atomic E-state index is 13.2. The highest BCUT2D eigenvalue weighted by Gasteiger charge is 2.38. The largest absolute Gasteiger partial charge is 0.490 e. The van der Waals surface area contributed by atoms with Crippen molar-refractivity contribution in [3.05, 3.63) is 35.4 Å². The van der Waals surface area contributed by atoms with E-state index in [1.54, 1.807) is 0 Å². The molecule has 0 bridgehead atoms. The maximum absolute atomic E-state index is 13.2. The quantitative estimate of drug-likeness (QED) is 0.668. The third-order valence-corrected chi connectivity index (χ3v) is 2.92. The predicted octanol–water partition coefficient (Wildman–Crippen LogP) is 3.36. The molecule has 0 heterocycles. The average molecular weight is 371 g/mol. The summed E-state index contributed by atoms with van der Waals surface area (Å²) in [6.07, 6.45) is -5.09. The number of hydrogen-bond donors (Lipinski definition) is 3. The zero-order valence-corrected chi connectivity index (χ0v) is 13.4. The van der Waals surface area contributed by atoms with Crippen LogP contribution in [-0.4, -0.2) is 34.9 Å². The van der Waals surface area contributed by atoms with Gasteiger partial charge < -0.3 is 15.5 Å². The van der Waals surface area contributed by atoms with Gasteiger partial charge in [0.2, 0.25) is 0 Å². The summed E-state index contributed by atoms with van der Waals surface area (Å²) in [4.78, 5) is 19.3. The molecule has 1 aromatic rings. The number of carbonyl (C=O) groups is 2. The molecule has 25 heavy (non-hydrogen) atoms. The molecule has 0 aromatic heterocycles. The number of nitrogens with one attached hydrogen (secondary N) is 1. The molecule has 0 aliphatic rings. The van der Waals surface area contributed by atoms with E-state index in [1.165, 1.54) is 6.07 Å². The summed E-state index contributed by atoms with van der Waals surface area (Å²) in [5, 5.41) is 18.7. The number of halogens is 5. The van der Waals surface area contributed by atoms with Gasteiger partial charge in [0.1, 0.15) is 0 Å². The Hall–Kier alpha value is -2.23.